The molecule has 0 spiro atoms. The molecule has 1 unspecified atom stereocenters. The van der Waals surface area contributed by atoms with Crippen LogP contribution >= 0.6 is 23.2 Å². The van der Waals surface area contributed by atoms with E-state index >= 15 is 0 Å². The van der Waals surface area contributed by atoms with Gasteiger partial charge in [0.2, 0.25) is 0 Å². The summed E-state index contributed by atoms with van der Waals surface area (Å²) in [6.07, 6.45) is 0. The number of halogens is 3. The van der Waals surface area contributed by atoms with Gasteiger partial charge in [-0.1, -0.05) is 29.8 Å². The lowest BCUT2D eigenvalue weighted by molar-refractivity contribution is 0.414. The van der Waals surface area contributed by atoms with Crippen molar-refractivity contribution in [3.63, 3.8) is 0 Å². The zero-order valence-corrected chi connectivity index (χ0v) is 12.1. The molecule has 0 saturated heterocycles. The molecule has 4 heteroatoms. The summed E-state index contributed by atoms with van der Waals surface area (Å²) in [5.74, 6) is 0.298. The highest BCUT2D eigenvalue weighted by atomic mass is 35.5. The lowest BCUT2D eigenvalue weighted by atomic mass is 9.99. The van der Waals surface area contributed by atoms with Crippen molar-refractivity contribution < 1.29 is 9.13 Å². The van der Waals surface area contributed by atoms with E-state index in [1.165, 1.54) is 6.07 Å². The third-order valence-corrected chi connectivity index (χ3v) is 3.87. The zero-order valence-electron chi connectivity index (χ0n) is 10.6. The quantitative estimate of drug-likeness (QED) is 0.714. The lowest BCUT2D eigenvalue weighted by Gasteiger charge is -2.15. The molecule has 1 nitrogen and oxygen atoms in total. The van der Waals surface area contributed by atoms with Crippen LogP contribution in [0.2, 0.25) is 5.02 Å². The highest BCUT2D eigenvalue weighted by Gasteiger charge is 2.18. The van der Waals surface area contributed by atoms with E-state index in [0.717, 1.165) is 16.9 Å². The third kappa shape index (κ3) is 2.85. The predicted molar refractivity (Wildman–Crippen MR) is 76.8 cm³/mol. The van der Waals surface area contributed by atoms with Crippen LogP contribution in [0.4, 0.5) is 4.39 Å². The maximum Gasteiger partial charge on any atom is 0.142 e. The van der Waals surface area contributed by atoms with E-state index in [-0.39, 0.29) is 5.02 Å². The predicted octanol–water partition coefficient (Wildman–Crippen LogP) is 5.12. The fourth-order valence-corrected chi connectivity index (χ4v) is 2.66. The fourth-order valence-electron chi connectivity index (χ4n) is 1.94. The summed E-state index contributed by atoms with van der Waals surface area (Å²) in [6, 6.07) is 10.2. The van der Waals surface area contributed by atoms with E-state index in [1.54, 1.807) is 19.2 Å². The van der Waals surface area contributed by atoms with Crippen LogP contribution in [-0.2, 0) is 0 Å². The molecule has 100 valence electrons. The largest absolute Gasteiger partial charge is 0.497 e. The number of hydrogen-bond donors (Lipinski definition) is 0. The molecule has 0 heterocycles. The molecule has 0 amide bonds. The maximum atomic E-state index is 13.5. The topological polar surface area (TPSA) is 9.23 Å². The standard InChI is InChI=1S/C15H13Cl2FO/c1-9-8-10(19-2)6-7-11(9)14(16)12-4-3-5-13(18)15(12)17/h3-8,14H,1-2H3. The van der Waals surface area contributed by atoms with Gasteiger partial charge in [-0.25, -0.2) is 4.39 Å². The number of alkyl halides is 1. The summed E-state index contributed by atoms with van der Waals surface area (Å²) in [5.41, 5.74) is 2.42. The van der Waals surface area contributed by atoms with E-state index in [4.69, 9.17) is 27.9 Å². The Bertz CT molecular complexity index is 599. The summed E-state index contributed by atoms with van der Waals surface area (Å²) in [6.45, 7) is 1.93. The van der Waals surface area contributed by atoms with Crippen LogP contribution in [0.1, 0.15) is 22.1 Å². The Morgan fingerprint density at radius 2 is 1.89 bits per heavy atom. The van der Waals surface area contributed by atoms with Gasteiger partial charge in [0.05, 0.1) is 17.5 Å². The van der Waals surface area contributed by atoms with Crippen molar-refractivity contribution in [1.29, 1.82) is 0 Å². The number of ether oxygens (including phenoxy) is 1. The highest BCUT2D eigenvalue weighted by Crippen LogP contribution is 2.37. The normalized spacial score (nSPS) is 12.3. The van der Waals surface area contributed by atoms with Gasteiger partial charge in [0.1, 0.15) is 11.6 Å². The summed E-state index contributed by atoms with van der Waals surface area (Å²) < 4.78 is 18.6. The van der Waals surface area contributed by atoms with Crippen LogP contribution in [0.25, 0.3) is 0 Å². The fraction of sp³-hybridized carbons (Fsp3) is 0.200. The second-order valence-electron chi connectivity index (χ2n) is 4.23. The van der Waals surface area contributed by atoms with Crippen LogP contribution in [0.5, 0.6) is 5.75 Å². The molecule has 0 aromatic heterocycles. The van der Waals surface area contributed by atoms with Crippen LogP contribution in [0.15, 0.2) is 36.4 Å². The number of hydrogen-bond acceptors (Lipinski definition) is 1. The molecule has 2 aromatic rings. The lowest BCUT2D eigenvalue weighted by Crippen LogP contribution is -1.99. The Labute approximate surface area is 121 Å². The minimum absolute atomic E-state index is 0.0673. The molecular weight excluding hydrogens is 286 g/mol. The van der Waals surface area contributed by atoms with E-state index in [9.17, 15) is 4.39 Å². The summed E-state index contributed by atoms with van der Waals surface area (Å²) in [4.78, 5) is 0. The van der Waals surface area contributed by atoms with Gasteiger partial charge < -0.3 is 4.74 Å². The van der Waals surface area contributed by atoms with Crippen LogP contribution in [0.3, 0.4) is 0 Å². The molecule has 0 aliphatic rings. The molecule has 1 atom stereocenters. The van der Waals surface area contributed by atoms with Crippen LogP contribution < -0.4 is 4.74 Å². The van der Waals surface area contributed by atoms with Crippen molar-refractivity contribution in [2.24, 2.45) is 0 Å². The van der Waals surface area contributed by atoms with Gasteiger partial charge in [0.25, 0.3) is 0 Å². The van der Waals surface area contributed by atoms with Gasteiger partial charge in [-0.05, 0) is 41.8 Å². The zero-order chi connectivity index (χ0) is 14.0. The van der Waals surface area contributed by atoms with Gasteiger partial charge in [-0.3, -0.25) is 0 Å². The Morgan fingerprint density at radius 1 is 1.16 bits per heavy atom. The van der Waals surface area contributed by atoms with E-state index in [1.807, 2.05) is 25.1 Å². The van der Waals surface area contributed by atoms with E-state index in [0.29, 0.717) is 5.56 Å². The van der Waals surface area contributed by atoms with Crippen molar-refractivity contribution in [3.8, 4) is 5.75 Å². The minimum Gasteiger partial charge on any atom is -0.497 e. The van der Waals surface area contributed by atoms with Gasteiger partial charge in [-0.2, -0.15) is 0 Å². The second-order valence-corrected chi connectivity index (χ2v) is 5.04. The first kappa shape index (κ1) is 14.2. The number of benzene rings is 2. The first-order valence-electron chi connectivity index (χ1n) is 5.77. The van der Waals surface area contributed by atoms with Crippen molar-refractivity contribution in [2.75, 3.05) is 7.11 Å². The van der Waals surface area contributed by atoms with E-state index < -0.39 is 11.2 Å². The van der Waals surface area contributed by atoms with Crippen molar-refractivity contribution in [2.45, 2.75) is 12.3 Å². The SMILES string of the molecule is COc1ccc(C(Cl)c2cccc(F)c2Cl)c(C)c1. The molecule has 2 aromatic carbocycles. The molecule has 0 N–H and O–H groups in total. The van der Waals surface area contributed by atoms with Gasteiger partial charge in [-0.15, -0.1) is 11.6 Å². The second kappa shape index (κ2) is 5.81. The van der Waals surface area contributed by atoms with Crippen LogP contribution in [-0.4, -0.2) is 7.11 Å². The summed E-state index contributed by atoms with van der Waals surface area (Å²) in [7, 11) is 1.61. The summed E-state index contributed by atoms with van der Waals surface area (Å²) >= 11 is 12.4. The van der Waals surface area contributed by atoms with E-state index in [2.05, 4.69) is 0 Å². The van der Waals surface area contributed by atoms with Crippen molar-refractivity contribution in [3.05, 3.63) is 63.9 Å². The Balaban J connectivity index is 2.44. The monoisotopic (exact) mass is 298 g/mol. The van der Waals surface area contributed by atoms with Gasteiger partial charge in [0.15, 0.2) is 0 Å². The molecule has 0 aliphatic carbocycles. The molecule has 2 rings (SSSR count). The average molecular weight is 299 g/mol. The number of methoxy groups -OCH3 is 1. The average Bonchev–Trinajstić information content (AvgIpc) is 2.41. The van der Waals surface area contributed by atoms with Crippen molar-refractivity contribution >= 4 is 23.2 Å². The Morgan fingerprint density at radius 3 is 2.53 bits per heavy atom. The minimum atomic E-state index is -0.492. The van der Waals surface area contributed by atoms with Crippen molar-refractivity contribution in [1.82, 2.24) is 0 Å². The molecule has 0 radical (unpaired) electrons. The molecule has 0 fully saturated rings. The maximum absolute atomic E-state index is 13.5. The number of aryl methyl sites for hydroxylation is 1. The van der Waals surface area contributed by atoms with Gasteiger partial charge >= 0.3 is 0 Å². The number of rotatable bonds is 3. The molecule has 0 bridgehead atoms. The van der Waals surface area contributed by atoms with Crippen LogP contribution in [0, 0.1) is 12.7 Å². The molecule has 0 aliphatic heterocycles. The smallest absolute Gasteiger partial charge is 0.142 e. The molecule has 0 saturated carbocycles. The Hall–Kier alpha value is -1.25. The van der Waals surface area contributed by atoms with Gasteiger partial charge in [0, 0.05) is 0 Å². The first-order valence-corrected chi connectivity index (χ1v) is 6.58. The third-order valence-electron chi connectivity index (χ3n) is 3.00. The molecule has 19 heavy (non-hydrogen) atoms. The summed E-state index contributed by atoms with van der Waals surface area (Å²) in [5, 5.41) is -0.424. The molecular formula is C15H13Cl2FO. The Kier molecular flexibility index (Phi) is 4.33. The highest BCUT2D eigenvalue weighted by molar-refractivity contribution is 6.33. The first-order chi connectivity index (χ1) is 9.04.